The number of phenols is 1. The Hall–Kier alpha value is -3.96. The van der Waals surface area contributed by atoms with Crippen LogP contribution in [0.5, 0.6) is 11.6 Å². The first kappa shape index (κ1) is 26.6. The van der Waals surface area contributed by atoms with Crippen molar-refractivity contribution < 1.29 is 31.8 Å². The third-order valence-electron chi connectivity index (χ3n) is 6.53. The third kappa shape index (κ3) is 4.83. The van der Waals surface area contributed by atoms with E-state index in [0.29, 0.717) is 17.2 Å². The number of hydrogen-bond acceptors (Lipinski definition) is 5. The van der Waals surface area contributed by atoms with Gasteiger partial charge >= 0.3 is 0 Å². The second-order valence-corrected chi connectivity index (χ2v) is 11.6. The summed E-state index contributed by atoms with van der Waals surface area (Å²) in [5.74, 6) is -2.86. The molecule has 2 heterocycles. The summed E-state index contributed by atoms with van der Waals surface area (Å²) in [4.78, 5) is 4.30. The van der Waals surface area contributed by atoms with Gasteiger partial charge in [0.15, 0.2) is 5.75 Å². The first-order valence-electron chi connectivity index (χ1n) is 11.5. The van der Waals surface area contributed by atoms with Gasteiger partial charge in [-0.15, -0.1) is 0 Å². The van der Waals surface area contributed by atoms with E-state index in [1.54, 1.807) is 6.07 Å². The minimum atomic E-state index is -3.84. The van der Waals surface area contributed by atoms with E-state index in [9.17, 15) is 31.8 Å². The molecule has 5 aromatic rings. The Morgan fingerprint density at radius 1 is 1.00 bits per heavy atom. The predicted octanol–water partition coefficient (Wildman–Crippen LogP) is 5.71. The number of pyridine rings is 1. The van der Waals surface area contributed by atoms with Gasteiger partial charge in [-0.1, -0.05) is 23.7 Å². The number of fused-ring (bicyclic) bond motifs is 2. The van der Waals surface area contributed by atoms with Gasteiger partial charge in [0.05, 0.1) is 28.9 Å². The maximum atomic E-state index is 14.4. The Balaban J connectivity index is 1.74. The van der Waals surface area contributed by atoms with Gasteiger partial charge in [-0.25, -0.2) is 21.6 Å². The van der Waals surface area contributed by atoms with Gasteiger partial charge in [-0.2, -0.15) is 0 Å². The number of rotatable bonds is 6. The molecule has 7 nitrogen and oxygen atoms in total. The standard InChI is InChI=1S/C27H21ClF3N3O4S/c1-33(39(2,37)38)25-18-8-15(7-16-9-20(28)22(31)10-21(16)30)11-32-24(18)26(35)23-19(25)13-34(27(23)36)12-14-3-5-17(29)6-4-14/h3-6,8-11,13,35-36H,7,12H2,1-2H3. The molecule has 39 heavy (non-hydrogen) atoms. The highest BCUT2D eigenvalue weighted by Gasteiger charge is 2.26. The van der Waals surface area contributed by atoms with Crippen molar-refractivity contribution in [2.24, 2.45) is 0 Å². The molecule has 0 aliphatic carbocycles. The number of hydrogen-bond donors (Lipinski definition) is 2. The highest BCUT2D eigenvalue weighted by Crippen LogP contribution is 2.47. The van der Waals surface area contributed by atoms with Crippen molar-refractivity contribution in [3.8, 4) is 11.6 Å². The molecular formula is C27H21ClF3N3O4S. The van der Waals surface area contributed by atoms with E-state index in [1.165, 1.54) is 48.3 Å². The van der Waals surface area contributed by atoms with Crippen molar-refractivity contribution in [2.75, 3.05) is 17.6 Å². The monoisotopic (exact) mass is 575 g/mol. The number of benzene rings is 3. The zero-order valence-electron chi connectivity index (χ0n) is 20.6. The molecule has 5 rings (SSSR count). The molecule has 2 aromatic heterocycles. The first-order chi connectivity index (χ1) is 18.3. The largest absolute Gasteiger partial charge is 0.505 e. The van der Waals surface area contributed by atoms with Gasteiger partial charge in [0, 0.05) is 42.7 Å². The van der Waals surface area contributed by atoms with Gasteiger partial charge in [-0.05, 0) is 41.0 Å². The molecule has 2 N–H and O–H groups in total. The van der Waals surface area contributed by atoms with Crippen LogP contribution in [0.1, 0.15) is 16.7 Å². The molecule has 12 heteroatoms. The van der Waals surface area contributed by atoms with E-state index >= 15 is 0 Å². The van der Waals surface area contributed by atoms with Crippen LogP contribution in [0.25, 0.3) is 21.7 Å². The molecular weight excluding hydrogens is 555 g/mol. The molecule has 0 aliphatic rings. The van der Waals surface area contributed by atoms with Gasteiger partial charge in [0.1, 0.15) is 23.0 Å². The highest BCUT2D eigenvalue weighted by atomic mass is 35.5. The summed E-state index contributed by atoms with van der Waals surface area (Å²) in [5.41, 5.74) is 1.30. The van der Waals surface area contributed by atoms with Crippen molar-refractivity contribution in [3.05, 3.63) is 94.0 Å². The summed E-state index contributed by atoms with van der Waals surface area (Å²) < 4.78 is 69.1. The summed E-state index contributed by atoms with van der Waals surface area (Å²) in [6.45, 7) is 0.0991. The van der Waals surface area contributed by atoms with Crippen molar-refractivity contribution >= 4 is 49.0 Å². The number of sulfonamides is 1. The van der Waals surface area contributed by atoms with E-state index in [-0.39, 0.29) is 62.5 Å². The molecule has 3 aromatic carbocycles. The fourth-order valence-electron chi connectivity index (χ4n) is 4.53. The Labute approximate surface area is 226 Å². The average molecular weight is 576 g/mol. The zero-order valence-corrected chi connectivity index (χ0v) is 22.2. The lowest BCUT2D eigenvalue weighted by molar-refractivity contribution is 0.425. The minimum absolute atomic E-state index is 0.00388. The SMILES string of the molecule is CN(c1c2cc(Cc3cc(Cl)c(F)cc3F)cnc2c(O)c2c(O)n(Cc3ccc(F)cc3)cc12)S(C)(=O)=O. The number of anilines is 1. The fourth-order valence-corrected chi connectivity index (χ4v) is 5.24. The zero-order chi connectivity index (χ0) is 28.2. The molecule has 0 radical (unpaired) electrons. The van der Waals surface area contributed by atoms with Gasteiger partial charge < -0.3 is 14.8 Å². The van der Waals surface area contributed by atoms with Gasteiger partial charge in [-0.3, -0.25) is 9.29 Å². The normalized spacial score (nSPS) is 11.9. The predicted molar refractivity (Wildman–Crippen MR) is 143 cm³/mol. The average Bonchev–Trinajstić information content (AvgIpc) is 3.19. The number of halogens is 4. The van der Waals surface area contributed by atoms with Crippen LogP contribution in [0.2, 0.25) is 5.02 Å². The van der Waals surface area contributed by atoms with Crippen molar-refractivity contribution in [1.82, 2.24) is 9.55 Å². The lowest BCUT2D eigenvalue weighted by Crippen LogP contribution is -2.25. The lowest BCUT2D eigenvalue weighted by atomic mass is 10.0. The molecule has 0 amide bonds. The summed E-state index contributed by atoms with van der Waals surface area (Å²) in [6.07, 6.45) is 3.80. The summed E-state index contributed by atoms with van der Waals surface area (Å²) in [5, 5.41) is 22.3. The van der Waals surface area contributed by atoms with E-state index in [4.69, 9.17) is 11.6 Å². The van der Waals surface area contributed by atoms with Crippen LogP contribution in [0.15, 0.2) is 54.9 Å². The van der Waals surface area contributed by atoms with Crippen LogP contribution in [0.3, 0.4) is 0 Å². The van der Waals surface area contributed by atoms with Gasteiger partial charge in [0.2, 0.25) is 15.9 Å². The summed E-state index contributed by atoms with van der Waals surface area (Å²) in [6, 6.07) is 9.00. The number of aromatic nitrogens is 2. The molecule has 0 saturated carbocycles. The first-order valence-corrected chi connectivity index (χ1v) is 13.7. The van der Waals surface area contributed by atoms with E-state index in [2.05, 4.69) is 4.98 Å². The summed E-state index contributed by atoms with van der Waals surface area (Å²) >= 11 is 5.82. The lowest BCUT2D eigenvalue weighted by Gasteiger charge is -2.21. The second-order valence-electron chi connectivity index (χ2n) is 9.20. The van der Waals surface area contributed by atoms with Crippen molar-refractivity contribution in [1.29, 1.82) is 0 Å². The highest BCUT2D eigenvalue weighted by molar-refractivity contribution is 7.92. The number of phenolic OH excluding ortho intramolecular Hbond substituents is 1. The Morgan fingerprint density at radius 3 is 2.36 bits per heavy atom. The van der Waals surface area contributed by atoms with Crippen LogP contribution in [-0.2, 0) is 23.0 Å². The van der Waals surface area contributed by atoms with Crippen molar-refractivity contribution in [2.45, 2.75) is 13.0 Å². The number of nitrogens with zero attached hydrogens (tertiary/aromatic N) is 3. The maximum absolute atomic E-state index is 14.4. The molecule has 0 atom stereocenters. The number of aromatic hydroxyl groups is 2. The van der Waals surface area contributed by atoms with E-state index < -0.39 is 27.5 Å². The fraction of sp³-hybridized carbons (Fsp3) is 0.148. The quantitative estimate of drug-likeness (QED) is 0.253. The van der Waals surface area contributed by atoms with Crippen molar-refractivity contribution in [3.63, 3.8) is 0 Å². The van der Waals surface area contributed by atoms with Crippen LogP contribution in [0.4, 0.5) is 18.9 Å². The maximum Gasteiger partial charge on any atom is 0.232 e. The van der Waals surface area contributed by atoms with Crippen LogP contribution < -0.4 is 4.31 Å². The van der Waals surface area contributed by atoms with Crippen LogP contribution in [-0.4, -0.2) is 41.5 Å². The Kier molecular flexibility index (Phi) is 6.59. The molecule has 202 valence electrons. The van der Waals surface area contributed by atoms with Gasteiger partial charge in [0.25, 0.3) is 0 Å². The van der Waals surface area contributed by atoms with Crippen LogP contribution >= 0.6 is 11.6 Å². The Morgan fingerprint density at radius 2 is 1.69 bits per heavy atom. The molecule has 0 bridgehead atoms. The van der Waals surface area contributed by atoms with E-state index in [1.807, 2.05) is 0 Å². The minimum Gasteiger partial charge on any atom is -0.505 e. The summed E-state index contributed by atoms with van der Waals surface area (Å²) in [7, 11) is -2.52. The van der Waals surface area contributed by atoms with Crippen LogP contribution in [0, 0.1) is 17.5 Å². The molecule has 0 unspecified atom stereocenters. The molecule has 0 aliphatic heterocycles. The third-order valence-corrected chi connectivity index (χ3v) is 8.00. The van der Waals surface area contributed by atoms with E-state index in [0.717, 1.165) is 16.6 Å². The Bertz CT molecular complexity index is 1880. The second kappa shape index (κ2) is 9.65. The topological polar surface area (TPSA) is 95.7 Å². The molecule has 0 fully saturated rings. The smallest absolute Gasteiger partial charge is 0.232 e. The molecule has 0 spiro atoms. The molecule has 0 saturated heterocycles.